The summed E-state index contributed by atoms with van der Waals surface area (Å²) >= 11 is 0. The van der Waals surface area contributed by atoms with Crippen molar-refractivity contribution in [1.82, 2.24) is 10.0 Å². The number of hydrogen-bond donors (Lipinski definition) is 2. The number of urea groups is 1. The van der Waals surface area contributed by atoms with Crippen LogP contribution < -0.4 is 10.5 Å². The third kappa shape index (κ3) is 4.71. The van der Waals surface area contributed by atoms with E-state index < -0.39 is 6.03 Å². The SMILES string of the molecule is NC(=O)N(O)CC1CCC(c2ccccc2OCc2ccc3ccccc3n2)CC1. The zero-order valence-electron chi connectivity index (χ0n) is 16.9. The number of fused-ring (bicyclic) bond motifs is 1. The van der Waals surface area contributed by atoms with E-state index in [4.69, 9.17) is 15.5 Å². The number of aromatic nitrogens is 1. The van der Waals surface area contributed by atoms with Gasteiger partial charge in [0.05, 0.1) is 17.8 Å². The number of hydrogen-bond acceptors (Lipinski definition) is 4. The van der Waals surface area contributed by atoms with Gasteiger partial charge in [-0.15, -0.1) is 0 Å². The van der Waals surface area contributed by atoms with Crippen molar-refractivity contribution in [1.29, 1.82) is 0 Å². The second-order valence-electron chi connectivity index (χ2n) is 7.96. The number of benzene rings is 2. The lowest BCUT2D eigenvalue weighted by Gasteiger charge is -2.31. The maximum Gasteiger partial charge on any atom is 0.338 e. The Kier molecular flexibility index (Phi) is 6.14. The molecule has 30 heavy (non-hydrogen) atoms. The van der Waals surface area contributed by atoms with E-state index in [1.807, 2.05) is 42.5 Å². The molecule has 1 aromatic heterocycles. The van der Waals surface area contributed by atoms with Gasteiger partial charge in [0, 0.05) is 5.39 Å². The summed E-state index contributed by atoms with van der Waals surface area (Å²) in [7, 11) is 0. The summed E-state index contributed by atoms with van der Waals surface area (Å²) in [6, 6.07) is 19.6. The van der Waals surface area contributed by atoms with Gasteiger partial charge in [-0.1, -0.05) is 42.5 Å². The molecule has 0 unspecified atom stereocenters. The van der Waals surface area contributed by atoms with Crippen LogP contribution in [0.3, 0.4) is 0 Å². The summed E-state index contributed by atoms with van der Waals surface area (Å²) < 4.78 is 6.18. The maximum absolute atomic E-state index is 11.0. The van der Waals surface area contributed by atoms with Gasteiger partial charge in [-0.05, 0) is 61.3 Å². The fourth-order valence-electron chi connectivity index (χ4n) is 4.28. The molecule has 0 atom stereocenters. The summed E-state index contributed by atoms with van der Waals surface area (Å²) in [4.78, 5) is 15.7. The average molecular weight is 405 g/mol. The number of primary amides is 1. The smallest absolute Gasteiger partial charge is 0.338 e. The van der Waals surface area contributed by atoms with Gasteiger partial charge >= 0.3 is 6.03 Å². The first-order chi connectivity index (χ1) is 14.6. The largest absolute Gasteiger partial charge is 0.487 e. The summed E-state index contributed by atoms with van der Waals surface area (Å²) in [5.74, 6) is 1.58. The molecule has 1 aliphatic rings. The molecule has 0 spiro atoms. The number of nitrogens with zero attached hydrogens (tertiary/aromatic N) is 2. The van der Waals surface area contributed by atoms with Gasteiger partial charge < -0.3 is 10.5 Å². The molecule has 6 nitrogen and oxygen atoms in total. The molecular formula is C24H27N3O3. The summed E-state index contributed by atoms with van der Waals surface area (Å²) in [6.45, 7) is 0.725. The minimum atomic E-state index is -0.793. The third-order valence-electron chi connectivity index (χ3n) is 5.92. The fraction of sp³-hybridized carbons (Fsp3) is 0.333. The van der Waals surface area contributed by atoms with E-state index in [0.29, 0.717) is 24.1 Å². The summed E-state index contributed by atoms with van der Waals surface area (Å²) in [5.41, 5.74) is 8.21. The second-order valence-corrected chi connectivity index (χ2v) is 7.96. The van der Waals surface area contributed by atoms with Crippen LogP contribution in [0.25, 0.3) is 10.9 Å². The predicted molar refractivity (Wildman–Crippen MR) is 115 cm³/mol. The first-order valence-corrected chi connectivity index (χ1v) is 10.4. The van der Waals surface area contributed by atoms with E-state index in [2.05, 4.69) is 18.2 Å². The minimum absolute atomic E-state index is 0.272. The van der Waals surface area contributed by atoms with Crippen LogP contribution in [0.15, 0.2) is 60.7 Å². The number of pyridine rings is 1. The van der Waals surface area contributed by atoms with Crippen LogP contribution in [-0.2, 0) is 6.61 Å². The van der Waals surface area contributed by atoms with Crippen molar-refractivity contribution in [3.05, 3.63) is 71.9 Å². The normalized spacial score (nSPS) is 18.8. The molecule has 6 heteroatoms. The van der Waals surface area contributed by atoms with Crippen molar-refractivity contribution in [2.45, 2.75) is 38.2 Å². The molecule has 2 aromatic carbocycles. The molecule has 1 saturated carbocycles. The molecule has 0 aliphatic heterocycles. The zero-order chi connectivity index (χ0) is 20.9. The Bertz CT molecular complexity index is 1020. The lowest BCUT2D eigenvalue weighted by atomic mass is 9.78. The first kappa shape index (κ1) is 20.2. The number of amides is 2. The van der Waals surface area contributed by atoms with Crippen LogP contribution >= 0.6 is 0 Å². The molecular weight excluding hydrogens is 378 g/mol. The average Bonchev–Trinajstić information content (AvgIpc) is 2.78. The Morgan fingerprint density at radius 3 is 2.57 bits per heavy atom. The van der Waals surface area contributed by atoms with Crippen LogP contribution in [0.4, 0.5) is 4.79 Å². The molecule has 0 saturated heterocycles. The molecule has 156 valence electrons. The Morgan fingerprint density at radius 2 is 1.77 bits per heavy atom. The lowest BCUT2D eigenvalue weighted by molar-refractivity contribution is -0.0541. The van der Waals surface area contributed by atoms with Crippen molar-refractivity contribution in [3.63, 3.8) is 0 Å². The predicted octanol–water partition coefficient (Wildman–Crippen LogP) is 4.86. The molecule has 1 fully saturated rings. The first-order valence-electron chi connectivity index (χ1n) is 10.4. The second kappa shape index (κ2) is 9.13. The van der Waals surface area contributed by atoms with Crippen LogP contribution in [0.1, 0.15) is 42.9 Å². The molecule has 1 aliphatic carbocycles. The Labute approximate surface area is 176 Å². The van der Waals surface area contributed by atoms with Crippen molar-refractivity contribution >= 4 is 16.9 Å². The topological polar surface area (TPSA) is 88.7 Å². The molecule has 0 radical (unpaired) electrons. The third-order valence-corrected chi connectivity index (χ3v) is 5.92. The number of ether oxygens (including phenoxy) is 1. The van der Waals surface area contributed by atoms with Gasteiger partial charge in [-0.25, -0.2) is 14.8 Å². The van der Waals surface area contributed by atoms with Crippen LogP contribution in [-0.4, -0.2) is 27.8 Å². The molecule has 4 rings (SSSR count). The van der Waals surface area contributed by atoms with Crippen molar-refractivity contribution in [2.24, 2.45) is 11.7 Å². The quantitative estimate of drug-likeness (QED) is 0.453. The number of carbonyl (C=O) groups excluding carboxylic acids is 1. The van der Waals surface area contributed by atoms with E-state index in [9.17, 15) is 10.0 Å². The molecule has 3 N–H and O–H groups in total. The standard InChI is InChI=1S/C24H27N3O3/c25-24(28)27(29)15-17-9-11-18(12-10-17)21-6-2-4-8-23(21)30-16-20-14-13-19-5-1-3-7-22(19)26-20/h1-8,13-14,17-18,29H,9-12,15-16H2,(H2,25,28). The summed E-state index contributed by atoms with van der Waals surface area (Å²) in [5, 5.41) is 11.3. The Morgan fingerprint density at radius 1 is 1.03 bits per heavy atom. The van der Waals surface area contributed by atoms with Gasteiger partial charge in [-0.3, -0.25) is 5.21 Å². The van der Waals surface area contributed by atoms with Crippen LogP contribution in [0.5, 0.6) is 5.75 Å². The number of para-hydroxylation sites is 2. The fourth-order valence-corrected chi connectivity index (χ4v) is 4.28. The van der Waals surface area contributed by atoms with Crippen molar-refractivity contribution in [2.75, 3.05) is 6.54 Å². The number of rotatable bonds is 6. The Hall–Kier alpha value is -3.12. The van der Waals surface area contributed by atoms with Gasteiger partial charge in [-0.2, -0.15) is 0 Å². The van der Waals surface area contributed by atoms with Gasteiger partial charge in [0.15, 0.2) is 0 Å². The van der Waals surface area contributed by atoms with Crippen molar-refractivity contribution < 1.29 is 14.7 Å². The van der Waals surface area contributed by atoms with Gasteiger partial charge in [0.1, 0.15) is 12.4 Å². The van der Waals surface area contributed by atoms with Crippen molar-refractivity contribution in [3.8, 4) is 5.75 Å². The van der Waals surface area contributed by atoms with E-state index in [1.165, 1.54) is 5.56 Å². The highest BCUT2D eigenvalue weighted by Crippen LogP contribution is 2.39. The highest BCUT2D eigenvalue weighted by Gasteiger charge is 2.26. The summed E-state index contributed by atoms with van der Waals surface area (Å²) in [6.07, 6.45) is 3.86. The number of nitrogens with two attached hydrogens (primary N) is 1. The van der Waals surface area contributed by atoms with Crippen LogP contribution in [0.2, 0.25) is 0 Å². The number of carbonyl (C=O) groups is 1. The van der Waals surface area contributed by atoms with Gasteiger partial charge in [0.2, 0.25) is 0 Å². The van der Waals surface area contributed by atoms with E-state index in [-0.39, 0.29) is 5.92 Å². The monoisotopic (exact) mass is 405 g/mol. The van der Waals surface area contributed by atoms with Crippen LogP contribution in [0, 0.1) is 5.92 Å². The van der Waals surface area contributed by atoms with E-state index in [0.717, 1.165) is 48.0 Å². The molecule has 1 heterocycles. The minimum Gasteiger partial charge on any atom is -0.487 e. The highest BCUT2D eigenvalue weighted by atomic mass is 16.5. The van der Waals surface area contributed by atoms with E-state index in [1.54, 1.807) is 0 Å². The maximum atomic E-state index is 11.0. The zero-order valence-corrected chi connectivity index (χ0v) is 16.9. The lowest BCUT2D eigenvalue weighted by Crippen LogP contribution is -2.37. The highest BCUT2D eigenvalue weighted by molar-refractivity contribution is 5.78. The number of hydroxylamine groups is 2. The molecule has 0 bridgehead atoms. The molecule has 2 amide bonds. The Balaban J connectivity index is 1.40. The molecule has 3 aromatic rings. The van der Waals surface area contributed by atoms with E-state index >= 15 is 0 Å². The van der Waals surface area contributed by atoms with Gasteiger partial charge in [0.25, 0.3) is 0 Å².